The lowest BCUT2D eigenvalue weighted by Gasteiger charge is -2.13. The standard InChI is InChI=1S/C10H17N3O2/c1-3-8(7-14)12-10-11-6-5-9(13-10)15-4-2/h5-6,8,14H,3-4,7H2,1-2H3,(H,11,12,13). The van der Waals surface area contributed by atoms with Crippen molar-refractivity contribution in [1.29, 1.82) is 0 Å². The maximum absolute atomic E-state index is 9.01. The van der Waals surface area contributed by atoms with E-state index >= 15 is 0 Å². The molecule has 0 radical (unpaired) electrons. The molecule has 1 atom stereocenters. The first-order chi connectivity index (χ1) is 7.30. The molecule has 0 aromatic carbocycles. The number of aromatic nitrogens is 2. The molecule has 1 unspecified atom stereocenters. The van der Waals surface area contributed by atoms with Crippen molar-refractivity contribution in [3.05, 3.63) is 12.3 Å². The summed E-state index contributed by atoms with van der Waals surface area (Å²) < 4.78 is 5.24. The second kappa shape index (κ2) is 6.19. The highest BCUT2D eigenvalue weighted by atomic mass is 16.5. The van der Waals surface area contributed by atoms with Gasteiger partial charge in [-0.2, -0.15) is 4.98 Å². The topological polar surface area (TPSA) is 67.3 Å². The Balaban J connectivity index is 2.64. The monoisotopic (exact) mass is 211 g/mol. The molecule has 15 heavy (non-hydrogen) atoms. The fraction of sp³-hybridized carbons (Fsp3) is 0.600. The molecule has 84 valence electrons. The van der Waals surface area contributed by atoms with Gasteiger partial charge in [-0.05, 0) is 13.3 Å². The molecule has 0 aliphatic rings. The molecular weight excluding hydrogens is 194 g/mol. The maximum Gasteiger partial charge on any atom is 0.226 e. The molecule has 0 saturated heterocycles. The van der Waals surface area contributed by atoms with Crippen LogP contribution in [0.3, 0.4) is 0 Å². The second-order valence-electron chi connectivity index (χ2n) is 3.08. The summed E-state index contributed by atoms with van der Waals surface area (Å²) >= 11 is 0. The van der Waals surface area contributed by atoms with Gasteiger partial charge in [0.2, 0.25) is 11.8 Å². The van der Waals surface area contributed by atoms with Gasteiger partial charge in [-0.15, -0.1) is 0 Å². The molecule has 1 rings (SSSR count). The Kier molecular flexibility index (Phi) is 4.83. The van der Waals surface area contributed by atoms with E-state index in [0.717, 1.165) is 6.42 Å². The molecule has 0 saturated carbocycles. The maximum atomic E-state index is 9.01. The van der Waals surface area contributed by atoms with E-state index in [4.69, 9.17) is 9.84 Å². The van der Waals surface area contributed by atoms with E-state index < -0.39 is 0 Å². The fourth-order valence-electron chi connectivity index (χ4n) is 1.10. The number of ether oxygens (including phenoxy) is 1. The van der Waals surface area contributed by atoms with Crippen LogP contribution in [0.25, 0.3) is 0 Å². The van der Waals surface area contributed by atoms with Crippen molar-refractivity contribution in [2.75, 3.05) is 18.5 Å². The van der Waals surface area contributed by atoms with Crippen molar-refractivity contribution in [3.63, 3.8) is 0 Å². The summed E-state index contributed by atoms with van der Waals surface area (Å²) in [5.74, 6) is 1.03. The molecular formula is C10H17N3O2. The summed E-state index contributed by atoms with van der Waals surface area (Å²) in [7, 11) is 0. The van der Waals surface area contributed by atoms with Gasteiger partial charge in [0.05, 0.1) is 19.3 Å². The van der Waals surface area contributed by atoms with Gasteiger partial charge in [-0.25, -0.2) is 4.98 Å². The quantitative estimate of drug-likeness (QED) is 0.736. The fourth-order valence-corrected chi connectivity index (χ4v) is 1.10. The molecule has 0 fully saturated rings. The molecule has 1 aromatic rings. The van der Waals surface area contributed by atoms with Gasteiger partial charge in [-0.1, -0.05) is 6.92 Å². The van der Waals surface area contributed by atoms with Crippen LogP contribution in [0.1, 0.15) is 20.3 Å². The van der Waals surface area contributed by atoms with Crippen LogP contribution in [0.4, 0.5) is 5.95 Å². The highest BCUT2D eigenvalue weighted by Gasteiger charge is 2.06. The molecule has 5 heteroatoms. The minimum atomic E-state index is -0.0122. The predicted octanol–water partition coefficient (Wildman–Crippen LogP) is 1.06. The van der Waals surface area contributed by atoms with Crippen LogP contribution in [0, 0.1) is 0 Å². The third-order valence-electron chi connectivity index (χ3n) is 1.97. The van der Waals surface area contributed by atoms with Crippen molar-refractivity contribution in [1.82, 2.24) is 9.97 Å². The molecule has 0 aliphatic heterocycles. The normalized spacial score (nSPS) is 12.2. The summed E-state index contributed by atoms with van der Waals surface area (Å²) in [6.07, 6.45) is 2.45. The SMILES string of the molecule is CCOc1ccnc(NC(CC)CO)n1. The molecule has 5 nitrogen and oxygen atoms in total. The molecule has 2 N–H and O–H groups in total. The van der Waals surface area contributed by atoms with E-state index in [1.54, 1.807) is 12.3 Å². The van der Waals surface area contributed by atoms with Crippen molar-refractivity contribution in [3.8, 4) is 5.88 Å². The second-order valence-corrected chi connectivity index (χ2v) is 3.08. The molecule has 0 aliphatic carbocycles. The van der Waals surface area contributed by atoms with Crippen LogP contribution < -0.4 is 10.1 Å². The Morgan fingerprint density at radius 1 is 1.53 bits per heavy atom. The lowest BCUT2D eigenvalue weighted by Crippen LogP contribution is -2.23. The van der Waals surface area contributed by atoms with Crippen LogP contribution in [0.2, 0.25) is 0 Å². The summed E-state index contributed by atoms with van der Waals surface area (Å²) in [6, 6.07) is 1.69. The number of aliphatic hydroxyl groups is 1. The third kappa shape index (κ3) is 3.71. The summed E-state index contributed by atoms with van der Waals surface area (Å²) in [5, 5.41) is 12.0. The average molecular weight is 211 g/mol. The van der Waals surface area contributed by atoms with E-state index in [0.29, 0.717) is 18.4 Å². The first kappa shape index (κ1) is 11.7. The van der Waals surface area contributed by atoms with Crippen LogP contribution in [0.5, 0.6) is 5.88 Å². The first-order valence-electron chi connectivity index (χ1n) is 5.13. The summed E-state index contributed by atoms with van der Waals surface area (Å²) in [4.78, 5) is 8.19. The Bertz CT molecular complexity index is 290. The van der Waals surface area contributed by atoms with Gasteiger partial charge in [0, 0.05) is 12.3 Å². The van der Waals surface area contributed by atoms with Crippen LogP contribution >= 0.6 is 0 Å². The lowest BCUT2D eigenvalue weighted by molar-refractivity contribution is 0.271. The Morgan fingerprint density at radius 2 is 2.33 bits per heavy atom. The van der Waals surface area contributed by atoms with Gasteiger partial charge >= 0.3 is 0 Å². The summed E-state index contributed by atoms with van der Waals surface area (Å²) in [5.41, 5.74) is 0. The van der Waals surface area contributed by atoms with Crippen molar-refractivity contribution < 1.29 is 9.84 Å². The number of aliphatic hydroxyl groups excluding tert-OH is 1. The molecule has 0 bridgehead atoms. The van der Waals surface area contributed by atoms with E-state index in [2.05, 4.69) is 15.3 Å². The molecule has 0 amide bonds. The number of nitrogens with one attached hydrogen (secondary N) is 1. The number of rotatable bonds is 6. The van der Waals surface area contributed by atoms with Gasteiger partial charge < -0.3 is 15.2 Å². The van der Waals surface area contributed by atoms with Gasteiger partial charge in [0.15, 0.2) is 0 Å². The smallest absolute Gasteiger partial charge is 0.226 e. The summed E-state index contributed by atoms with van der Waals surface area (Å²) in [6.45, 7) is 4.53. The van der Waals surface area contributed by atoms with Gasteiger partial charge in [0.1, 0.15) is 0 Å². The third-order valence-corrected chi connectivity index (χ3v) is 1.97. The van der Waals surface area contributed by atoms with E-state index in [1.165, 1.54) is 0 Å². The first-order valence-corrected chi connectivity index (χ1v) is 5.13. The number of hydrogen-bond donors (Lipinski definition) is 2. The van der Waals surface area contributed by atoms with E-state index in [9.17, 15) is 0 Å². The van der Waals surface area contributed by atoms with E-state index in [1.807, 2.05) is 13.8 Å². The predicted molar refractivity (Wildman–Crippen MR) is 58.0 cm³/mol. The van der Waals surface area contributed by atoms with Crippen molar-refractivity contribution in [2.45, 2.75) is 26.3 Å². The molecule has 1 aromatic heterocycles. The van der Waals surface area contributed by atoms with Crippen LogP contribution in [-0.2, 0) is 0 Å². The molecule has 1 heterocycles. The molecule has 0 spiro atoms. The van der Waals surface area contributed by atoms with Gasteiger partial charge in [-0.3, -0.25) is 0 Å². The highest BCUT2D eigenvalue weighted by molar-refractivity contribution is 5.28. The zero-order valence-electron chi connectivity index (χ0n) is 9.10. The minimum absolute atomic E-state index is 0.0122. The lowest BCUT2D eigenvalue weighted by atomic mass is 10.2. The van der Waals surface area contributed by atoms with Crippen molar-refractivity contribution in [2.24, 2.45) is 0 Å². The van der Waals surface area contributed by atoms with E-state index in [-0.39, 0.29) is 12.6 Å². The van der Waals surface area contributed by atoms with Crippen LogP contribution in [0.15, 0.2) is 12.3 Å². The van der Waals surface area contributed by atoms with Crippen LogP contribution in [-0.4, -0.2) is 34.3 Å². The Morgan fingerprint density at radius 3 is 2.93 bits per heavy atom. The zero-order valence-corrected chi connectivity index (χ0v) is 9.10. The number of hydrogen-bond acceptors (Lipinski definition) is 5. The Labute approximate surface area is 89.5 Å². The van der Waals surface area contributed by atoms with Crippen molar-refractivity contribution >= 4 is 5.95 Å². The zero-order chi connectivity index (χ0) is 11.1. The van der Waals surface area contributed by atoms with Gasteiger partial charge in [0.25, 0.3) is 0 Å². The minimum Gasteiger partial charge on any atom is -0.478 e. The number of nitrogens with zero attached hydrogens (tertiary/aromatic N) is 2. The highest BCUT2D eigenvalue weighted by Crippen LogP contribution is 2.09. The largest absolute Gasteiger partial charge is 0.478 e. The Hall–Kier alpha value is -1.36. The average Bonchev–Trinajstić information content (AvgIpc) is 2.27. The number of anilines is 1.